The maximum atomic E-state index is 5.42. The standard InChI is InChI=1S/C11H20N2O2S/c1-10-13-9-11(16-10)8-12-4-7-15-6-3-5-14-2/h9,12H,3-8H2,1-2H3. The first-order chi connectivity index (χ1) is 7.83. The van der Waals surface area contributed by atoms with Gasteiger partial charge < -0.3 is 14.8 Å². The van der Waals surface area contributed by atoms with Crippen molar-refractivity contribution < 1.29 is 9.47 Å². The molecule has 16 heavy (non-hydrogen) atoms. The molecule has 0 unspecified atom stereocenters. The van der Waals surface area contributed by atoms with Crippen molar-refractivity contribution in [1.29, 1.82) is 0 Å². The van der Waals surface area contributed by atoms with Gasteiger partial charge in [0.1, 0.15) is 0 Å². The number of rotatable bonds is 9. The highest BCUT2D eigenvalue weighted by molar-refractivity contribution is 7.11. The third kappa shape index (κ3) is 6.17. The van der Waals surface area contributed by atoms with Crippen LogP contribution in [0.2, 0.25) is 0 Å². The summed E-state index contributed by atoms with van der Waals surface area (Å²) in [4.78, 5) is 5.47. The molecule has 4 nitrogen and oxygen atoms in total. The Kier molecular flexibility index (Phi) is 7.33. The summed E-state index contributed by atoms with van der Waals surface area (Å²) in [7, 11) is 1.71. The molecule has 0 saturated heterocycles. The zero-order valence-corrected chi connectivity index (χ0v) is 10.8. The average Bonchev–Trinajstić information content (AvgIpc) is 2.68. The van der Waals surface area contributed by atoms with E-state index in [9.17, 15) is 0 Å². The van der Waals surface area contributed by atoms with Gasteiger partial charge in [0.25, 0.3) is 0 Å². The first-order valence-electron chi connectivity index (χ1n) is 5.51. The van der Waals surface area contributed by atoms with Crippen LogP contribution in [0, 0.1) is 6.92 Å². The molecular weight excluding hydrogens is 224 g/mol. The summed E-state index contributed by atoms with van der Waals surface area (Å²) in [5.41, 5.74) is 0. The number of nitrogens with zero attached hydrogens (tertiary/aromatic N) is 1. The molecule has 0 aliphatic carbocycles. The third-order valence-electron chi connectivity index (χ3n) is 2.03. The van der Waals surface area contributed by atoms with E-state index in [2.05, 4.69) is 10.3 Å². The van der Waals surface area contributed by atoms with E-state index in [4.69, 9.17) is 9.47 Å². The van der Waals surface area contributed by atoms with Crippen LogP contribution in [-0.4, -0.2) is 38.5 Å². The van der Waals surface area contributed by atoms with E-state index in [1.54, 1.807) is 18.4 Å². The van der Waals surface area contributed by atoms with Gasteiger partial charge in [-0.2, -0.15) is 0 Å². The molecule has 0 aromatic carbocycles. The van der Waals surface area contributed by atoms with E-state index < -0.39 is 0 Å². The van der Waals surface area contributed by atoms with Crippen LogP contribution in [0.5, 0.6) is 0 Å². The molecule has 0 fully saturated rings. The highest BCUT2D eigenvalue weighted by Gasteiger charge is 1.96. The summed E-state index contributed by atoms with van der Waals surface area (Å²) in [5.74, 6) is 0. The summed E-state index contributed by atoms with van der Waals surface area (Å²) in [5, 5.41) is 4.44. The molecule has 1 N–H and O–H groups in total. The minimum Gasteiger partial charge on any atom is -0.385 e. The van der Waals surface area contributed by atoms with Crippen molar-refractivity contribution in [2.24, 2.45) is 0 Å². The summed E-state index contributed by atoms with van der Waals surface area (Å²) in [6.07, 6.45) is 2.89. The van der Waals surface area contributed by atoms with Crippen molar-refractivity contribution in [3.8, 4) is 0 Å². The lowest BCUT2D eigenvalue weighted by atomic mass is 10.5. The normalized spacial score (nSPS) is 10.9. The Morgan fingerprint density at radius 2 is 2.25 bits per heavy atom. The van der Waals surface area contributed by atoms with Crippen LogP contribution in [0.4, 0.5) is 0 Å². The first kappa shape index (κ1) is 13.6. The minimum absolute atomic E-state index is 0.751. The number of aryl methyl sites for hydroxylation is 1. The average molecular weight is 244 g/mol. The van der Waals surface area contributed by atoms with Gasteiger partial charge in [-0.15, -0.1) is 11.3 Å². The number of nitrogens with one attached hydrogen (secondary N) is 1. The van der Waals surface area contributed by atoms with E-state index >= 15 is 0 Å². The predicted octanol–water partition coefficient (Wildman–Crippen LogP) is 1.59. The molecule has 1 aromatic heterocycles. The molecule has 92 valence electrons. The van der Waals surface area contributed by atoms with Crippen LogP contribution in [0.15, 0.2) is 6.20 Å². The molecule has 0 saturated carbocycles. The summed E-state index contributed by atoms with van der Waals surface area (Å²) >= 11 is 1.73. The van der Waals surface area contributed by atoms with Gasteiger partial charge in [0.2, 0.25) is 0 Å². The number of hydrogen-bond donors (Lipinski definition) is 1. The molecule has 0 radical (unpaired) electrons. The van der Waals surface area contributed by atoms with Gasteiger partial charge in [-0.05, 0) is 13.3 Å². The number of hydrogen-bond acceptors (Lipinski definition) is 5. The highest BCUT2D eigenvalue weighted by Crippen LogP contribution is 2.10. The molecular formula is C11H20N2O2S. The van der Waals surface area contributed by atoms with Crippen molar-refractivity contribution in [2.45, 2.75) is 19.9 Å². The number of ether oxygens (including phenoxy) is 2. The van der Waals surface area contributed by atoms with Crippen molar-refractivity contribution in [1.82, 2.24) is 10.3 Å². The monoisotopic (exact) mass is 244 g/mol. The number of thiazole rings is 1. The molecule has 0 atom stereocenters. The maximum absolute atomic E-state index is 5.42. The van der Waals surface area contributed by atoms with Gasteiger partial charge in [0.05, 0.1) is 11.6 Å². The van der Waals surface area contributed by atoms with Crippen LogP contribution < -0.4 is 5.32 Å². The second-order valence-corrected chi connectivity index (χ2v) is 4.80. The lowest BCUT2D eigenvalue weighted by molar-refractivity contribution is 0.104. The van der Waals surface area contributed by atoms with Crippen LogP contribution in [0.3, 0.4) is 0 Å². The quantitative estimate of drug-likeness (QED) is 0.670. The van der Waals surface area contributed by atoms with Crippen molar-refractivity contribution >= 4 is 11.3 Å². The molecule has 0 aliphatic heterocycles. The Bertz CT molecular complexity index is 279. The zero-order chi connectivity index (χ0) is 11.6. The van der Waals surface area contributed by atoms with Crippen LogP contribution in [0.1, 0.15) is 16.3 Å². The molecule has 0 spiro atoms. The van der Waals surface area contributed by atoms with Crippen molar-refractivity contribution in [2.75, 3.05) is 33.5 Å². The second-order valence-electron chi connectivity index (χ2n) is 3.48. The van der Waals surface area contributed by atoms with E-state index in [1.165, 1.54) is 4.88 Å². The maximum Gasteiger partial charge on any atom is 0.0897 e. The number of methoxy groups -OCH3 is 1. The van der Waals surface area contributed by atoms with E-state index in [0.29, 0.717) is 0 Å². The molecule has 0 amide bonds. The first-order valence-corrected chi connectivity index (χ1v) is 6.33. The topological polar surface area (TPSA) is 43.4 Å². The second kappa shape index (κ2) is 8.64. The van der Waals surface area contributed by atoms with Gasteiger partial charge in [-0.3, -0.25) is 0 Å². The van der Waals surface area contributed by atoms with Gasteiger partial charge in [-0.25, -0.2) is 4.98 Å². The van der Waals surface area contributed by atoms with Crippen LogP contribution in [0.25, 0.3) is 0 Å². The lowest BCUT2D eigenvalue weighted by Gasteiger charge is -2.04. The smallest absolute Gasteiger partial charge is 0.0897 e. The Labute approximate surface area is 101 Å². The van der Waals surface area contributed by atoms with Gasteiger partial charge >= 0.3 is 0 Å². The fraction of sp³-hybridized carbons (Fsp3) is 0.727. The largest absolute Gasteiger partial charge is 0.385 e. The third-order valence-corrected chi connectivity index (χ3v) is 2.94. The fourth-order valence-electron chi connectivity index (χ4n) is 1.25. The highest BCUT2D eigenvalue weighted by atomic mass is 32.1. The SMILES string of the molecule is COCCCOCCNCc1cnc(C)s1. The Morgan fingerprint density at radius 3 is 2.94 bits per heavy atom. The van der Waals surface area contributed by atoms with Gasteiger partial charge in [0, 0.05) is 44.5 Å². The van der Waals surface area contributed by atoms with Gasteiger partial charge in [-0.1, -0.05) is 0 Å². The summed E-state index contributed by atoms with van der Waals surface area (Å²) in [6, 6.07) is 0. The molecule has 1 rings (SSSR count). The van der Waals surface area contributed by atoms with E-state index in [0.717, 1.165) is 44.3 Å². The van der Waals surface area contributed by atoms with Gasteiger partial charge in [0.15, 0.2) is 0 Å². The Hall–Kier alpha value is -0.490. The zero-order valence-electron chi connectivity index (χ0n) is 9.99. The lowest BCUT2D eigenvalue weighted by Crippen LogP contribution is -2.19. The molecule has 5 heteroatoms. The van der Waals surface area contributed by atoms with Crippen LogP contribution in [-0.2, 0) is 16.0 Å². The Balaban J connectivity index is 1.88. The summed E-state index contributed by atoms with van der Waals surface area (Å²) in [6.45, 7) is 6.08. The molecule has 0 bridgehead atoms. The minimum atomic E-state index is 0.751. The molecule has 0 aliphatic rings. The van der Waals surface area contributed by atoms with E-state index in [-0.39, 0.29) is 0 Å². The van der Waals surface area contributed by atoms with Crippen molar-refractivity contribution in [3.63, 3.8) is 0 Å². The van der Waals surface area contributed by atoms with E-state index in [1.807, 2.05) is 13.1 Å². The van der Waals surface area contributed by atoms with Crippen molar-refractivity contribution in [3.05, 3.63) is 16.1 Å². The predicted molar refractivity (Wildman–Crippen MR) is 65.9 cm³/mol. The van der Waals surface area contributed by atoms with Crippen LogP contribution >= 0.6 is 11.3 Å². The molecule has 1 heterocycles. The molecule has 1 aromatic rings. The Morgan fingerprint density at radius 1 is 1.38 bits per heavy atom. The fourth-order valence-corrected chi connectivity index (χ4v) is 2.01. The summed E-state index contributed by atoms with van der Waals surface area (Å²) < 4.78 is 10.4. The number of aromatic nitrogens is 1.